The summed E-state index contributed by atoms with van der Waals surface area (Å²) in [6, 6.07) is 7.34. The molecule has 19 heavy (non-hydrogen) atoms. The molecule has 102 valence electrons. The van der Waals surface area contributed by atoms with Crippen LogP contribution < -0.4 is 10.9 Å². The van der Waals surface area contributed by atoms with Crippen LogP contribution in [0.1, 0.15) is 11.3 Å². The Labute approximate surface area is 136 Å². The first-order valence-electron chi connectivity index (χ1n) is 5.33. The number of nitrogens with one attached hydrogen (secondary N) is 2. The van der Waals surface area contributed by atoms with Crippen LogP contribution in [0.2, 0.25) is 5.02 Å². The molecule has 4 nitrogen and oxygen atoms in total. The van der Waals surface area contributed by atoms with E-state index in [-0.39, 0.29) is 39.5 Å². The van der Waals surface area contributed by atoms with Gasteiger partial charge in [-0.3, -0.25) is 4.79 Å². The van der Waals surface area contributed by atoms with Gasteiger partial charge in [-0.15, -0.1) is 34.0 Å². The Morgan fingerprint density at radius 2 is 1.89 bits per heavy atom. The van der Waals surface area contributed by atoms with Gasteiger partial charge in [0.25, 0.3) is 5.56 Å². The first-order valence-corrected chi connectivity index (χ1v) is 5.71. The third-order valence-corrected chi connectivity index (χ3v) is 3.15. The third kappa shape index (κ3) is 3.08. The number of halogens is 3. The fourth-order valence-corrected chi connectivity index (χ4v) is 2.18. The summed E-state index contributed by atoms with van der Waals surface area (Å²) in [5.74, 6) is 0.531. The number of benzene rings is 1. The fraction of sp³-hybridized carbons (Fsp3) is 0.167. The number of aromatic nitrogens is 2. The predicted molar refractivity (Wildman–Crippen MR) is 86.5 cm³/mol. The normalized spacial score (nSPS) is 12.3. The topological polar surface area (TPSA) is 57.8 Å². The molecule has 0 fully saturated rings. The van der Waals surface area contributed by atoms with Gasteiger partial charge < -0.3 is 10.3 Å². The number of aromatic amines is 1. The van der Waals surface area contributed by atoms with Crippen molar-refractivity contribution in [2.75, 3.05) is 0 Å². The molecule has 0 atom stereocenters. The minimum Gasteiger partial charge on any atom is -0.307 e. The Hall–Kier alpha value is -0.690. The van der Waals surface area contributed by atoms with Gasteiger partial charge in [-0.1, -0.05) is 23.7 Å². The summed E-state index contributed by atoms with van der Waals surface area (Å²) < 4.78 is 0. The number of hydrogen-bond acceptors (Lipinski definition) is 3. The lowest BCUT2D eigenvalue weighted by Gasteiger charge is -2.05. The van der Waals surface area contributed by atoms with Crippen LogP contribution in [-0.2, 0) is 13.1 Å². The molecule has 1 aliphatic rings. The quantitative estimate of drug-likeness (QED) is 0.762. The molecule has 1 aliphatic heterocycles. The van der Waals surface area contributed by atoms with E-state index in [1.807, 2.05) is 18.2 Å². The zero-order chi connectivity index (χ0) is 11.8. The molecule has 3 rings (SSSR count). The largest absolute Gasteiger partial charge is 0.307 e. The van der Waals surface area contributed by atoms with Gasteiger partial charge in [0.15, 0.2) is 0 Å². The van der Waals surface area contributed by atoms with E-state index in [1.54, 1.807) is 6.07 Å². The Morgan fingerprint density at radius 3 is 2.63 bits per heavy atom. The molecular weight excluding hydrogens is 397 g/mol. The van der Waals surface area contributed by atoms with Crippen LogP contribution >= 0.6 is 45.6 Å². The van der Waals surface area contributed by atoms with Crippen LogP contribution in [0.3, 0.4) is 0 Å². The van der Waals surface area contributed by atoms with Crippen LogP contribution in [0, 0.1) is 0 Å². The van der Waals surface area contributed by atoms with Gasteiger partial charge in [0, 0.05) is 18.7 Å². The molecular formula is C12H12Br2ClN3O. The number of nitrogens with zero attached hydrogens (tertiary/aromatic N) is 1. The molecule has 0 spiro atoms. The van der Waals surface area contributed by atoms with E-state index in [1.165, 1.54) is 0 Å². The first-order chi connectivity index (χ1) is 8.25. The van der Waals surface area contributed by atoms with Crippen molar-refractivity contribution in [1.82, 2.24) is 15.3 Å². The molecule has 0 radical (unpaired) electrons. The highest BCUT2D eigenvalue weighted by Crippen LogP contribution is 2.24. The Morgan fingerprint density at radius 1 is 1.16 bits per heavy atom. The number of H-pyrrole nitrogens is 1. The molecule has 2 heterocycles. The van der Waals surface area contributed by atoms with Crippen LogP contribution in [0.5, 0.6) is 0 Å². The highest BCUT2D eigenvalue weighted by Gasteiger charge is 2.17. The van der Waals surface area contributed by atoms with E-state index in [4.69, 9.17) is 11.6 Å². The lowest BCUT2D eigenvalue weighted by Crippen LogP contribution is -2.15. The van der Waals surface area contributed by atoms with Crippen molar-refractivity contribution < 1.29 is 0 Å². The molecule has 2 aromatic rings. The van der Waals surface area contributed by atoms with Gasteiger partial charge >= 0.3 is 0 Å². The molecule has 0 aliphatic carbocycles. The van der Waals surface area contributed by atoms with E-state index in [0.29, 0.717) is 23.9 Å². The van der Waals surface area contributed by atoms with E-state index in [0.717, 1.165) is 16.8 Å². The molecule has 1 aromatic heterocycles. The SMILES string of the molecule is Br.Br.O=c1[nH]c(-c2ccccc2Cl)nc2c1CNC2. The molecule has 0 saturated heterocycles. The van der Waals surface area contributed by atoms with Gasteiger partial charge in [-0.2, -0.15) is 0 Å². The standard InChI is InChI=1S/C12H10ClN3O.2BrH/c13-9-4-2-1-3-7(9)11-15-10-6-14-5-8(10)12(17)16-11;;/h1-4,14H,5-6H2,(H,15,16,17);2*1H. The zero-order valence-electron chi connectivity index (χ0n) is 9.77. The van der Waals surface area contributed by atoms with Crippen molar-refractivity contribution in [3.63, 3.8) is 0 Å². The minimum absolute atomic E-state index is 0. The summed E-state index contributed by atoms with van der Waals surface area (Å²) in [5, 5.41) is 3.69. The smallest absolute Gasteiger partial charge is 0.255 e. The van der Waals surface area contributed by atoms with E-state index >= 15 is 0 Å². The summed E-state index contributed by atoms with van der Waals surface area (Å²) in [6.45, 7) is 1.22. The second kappa shape index (κ2) is 6.65. The van der Waals surface area contributed by atoms with Crippen molar-refractivity contribution >= 4 is 45.6 Å². The van der Waals surface area contributed by atoms with E-state index in [2.05, 4.69) is 15.3 Å². The van der Waals surface area contributed by atoms with Gasteiger partial charge in [-0.05, 0) is 12.1 Å². The first kappa shape index (κ1) is 16.4. The minimum atomic E-state index is -0.0880. The maximum Gasteiger partial charge on any atom is 0.255 e. The van der Waals surface area contributed by atoms with Gasteiger partial charge in [0.2, 0.25) is 0 Å². The van der Waals surface area contributed by atoms with E-state index < -0.39 is 0 Å². The highest BCUT2D eigenvalue weighted by atomic mass is 79.9. The second-order valence-electron chi connectivity index (χ2n) is 3.92. The fourth-order valence-electron chi connectivity index (χ4n) is 1.96. The van der Waals surface area contributed by atoms with Crippen LogP contribution in [0.4, 0.5) is 0 Å². The van der Waals surface area contributed by atoms with Gasteiger partial charge in [0.05, 0.1) is 16.3 Å². The summed E-state index contributed by atoms with van der Waals surface area (Å²) in [7, 11) is 0. The summed E-state index contributed by atoms with van der Waals surface area (Å²) in [6.07, 6.45) is 0. The molecule has 0 amide bonds. The summed E-state index contributed by atoms with van der Waals surface area (Å²) >= 11 is 6.08. The second-order valence-corrected chi connectivity index (χ2v) is 4.33. The number of rotatable bonds is 1. The van der Waals surface area contributed by atoms with Gasteiger partial charge in [-0.25, -0.2) is 4.98 Å². The van der Waals surface area contributed by atoms with Crippen molar-refractivity contribution in [2.24, 2.45) is 0 Å². The molecule has 0 unspecified atom stereocenters. The Kier molecular flexibility index (Phi) is 5.73. The zero-order valence-corrected chi connectivity index (χ0v) is 14.0. The van der Waals surface area contributed by atoms with Crippen LogP contribution in [0.15, 0.2) is 29.1 Å². The van der Waals surface area contributed by atoms with Crippen molar-refractivity contribution in [2.45, 2.75) is 13.1 Å². The van der Waals surface area contributed by atoms with Crippen molar-refractivity contribution in [3.8, 4) is 11.4 Å². The van der Waals surface area contributed by atoms with Crippen molar-refractivity contribution in [1.29, 1.82) is 0 Å². The molecule has 2 N–H and O–H groups in total. The van der Waals surface area contributed by atoms with Crippen LogP contribution in [-0.4, -0.2) is 9.97 Å². The third-order valence-electron chi connectivity index (χ3n) is 2.82. The van der Waals surface area contributed by atoms with Crippen molar-refractivity contribution in [3.05, 3.63) is 50.9 Å². The lowest BCUT2D eigenvalue weighted by atomic mass is 10.2. The maximum absolute atomic E-state index is 11.8. The Bertz CT molecular complexity index is 645. The maximum atomic E-state index is 11.8. The number of fused-ring (bicyclic) bond motifs is 1. The molecule has 0 bridgehead atoms. The lowest BCUT2D eigenvalue weighted by molar-refractivity contribution is 0.757. The van der Waals surface area contributed by atoms with Gasteiger partial charge in [0.1, 0.15) is 5.82 Å². The molecule has 0 saturated carbocycles. The monoisotopic (exact) mass is 407 g/mol. The predicted octanol–water partition coefficient (Wildman–Crippen LogP) is 2.85. The summed E-state index contributed by atoms with van der Waals surface area (Å²) in [4.78, 5) is 19.1. The van der Waals surface area contributed by atoms with E-state index in [9.17, 15) is 4.79 Å². The molecule has 7 heteroatoms. The average molecular weight is 410 g/mol. The molecule has 1 aromatic carbocycles. The summed E-state index contributed by atoms with van der Waals surface area (Å²) in [5.41, 5.74) is 2.19. The Balaban J connectivity index is 0.000000902. The van der Waals surface area contributed by atoms with Crippen LogP contribution in [0.25, 0.3) is 11.4 Å². The number of hydrogen-bond donors (Lipinski definition) is 2. The average Bonchev–Trinajstić information content (AvgIpc) is 2.78. The highest BCUT2D eigenvalue weighted by molar-refractivity contribution is 8.93.